The molecular weight excluding hydrogens is 624 g/mol. The summed E-state index contributed by atoms with van der Waals surface area (Å²) in [5, 5.41) is 146. The molecular formula is C32H20O15. The van der Waals surface area contributed by atoms with Crippen molar-refractivity contribution in [3.8, 4) is 103 Å². The van der Waals surface area contributed by atoms with Crippen molar-refractivity contribution < 1.29 is 75.9 Å². The van der Waals surface area contributed by atoms with E-state index in [1.54, 1.807) is 0 Å². The van der Waals surface area contributed by atoms with Crippen LogP contribution in [0.25, 0.3) is 65.7 Å². The first-order valence-electron chi connectivity index (χ1n) is 13.3. The van der Waals surface area contributed by atoms with E-state index in [2.05, 4.69) is 0 Å². The van der Waals surface area contributed by atoms with Gasteiger partial charge in [-0.05, 0) is 69.1 Å². The molecule has 7 rings (SSSR count). The third-order valence-corrected chi connectivity index (χ3v) is 8.10. The smallest absolute Gasteiger partial charge is 0.208 e. The van der Waals surface area contributed by atoms with Gasteiger partial charge in [-0.3, -0.25) is 0 Å². The van der Waals surface area contributed by atoms with Gasteiger partial charge in [-0.2, -0.15) is 0 Å². The second-order valence-corrected chi connectivity index (χ2v) is 10.7. The molecule has 1 heterocycles. The number of hydrogen-bond acceptors (Lipinski definition) is 15. The molecule has 0 aliphatic carbocycles. The SMILES string of the molecule is Oc1cc2c(-c3cc(O)c(O)c(O)c3)c3cc(O)c(O)cc3c(-c3c(O)c(O)c4c(oc5c(O)c(O)c(O)c(O)c54)c3O)c2cc1O. The summed E-state index contributed by atoms with van der Waals surface area (Å²) in [6, 6.07) is 6.09. The van der Waals surface area contributed by atoms with Crippen molar-refractivity contribution in [2.75, 3.05) is 0 Å². The quantitative estimate of drug-likeness (QED) is 0.0661. The summed E-state index contributed by atoms with van der Waals surface area (Å²) >= 11 is 0. The lowest BCUT2D eigenvalue weighted by Crippen LogP contribution is -1.93. The van der Waals surface area contributed by atoms with Crippen molar-refractivity contribution in [2.24, 2.45) is 0 Å². The molecule has 1 aromatic heterocycles. The topological polar surface area (TPSA) is 296 Å². The molecule has 15 nitrogen and oxygen atoms in total. The Kier molecular flexibility index (Phi) is 5.59. The summed E-state index contributed by atoms with van der Waals surface area (Å²) in [4.78, 5) is 0. The molecule has 0 aliphatic rings. The van der Waals surface area contributed by atoms with Crippen molar-refractivity contribution in [2.45, 2.75) is 0 Å². The Morgan fingerprint density at radius 2 is 0.681 bits per heavy atom. The van der Waals surface area contributed by atoms with Gasteiger partial charge in [0.25, 0.3) is 0 Å². The highest BCUT2D eigenvalue weighted by Gasteiger charge is 2.33. The fourth-order valence-electron chi connectivity index (χ4n) is 5.97. The average molecular weight is 644 g/mol. The van der Waals surface area contributed by atoms with E-state index < -0.39 is 108 Å². The number of phenols is 14. The van der Waals surface area contributed by atoms with Crippen LogP contribution in [0.4, 0.5) is 0 Å². The van der Waals surface area contributed by atoms with Crippen LogP contribution in [0, 0.1) is 0 Å². The van der Waals surface area contributed by atoms with Crippen LogP contribution in [-0.2, 0) is 0 Å². The molecule has 0 amide bonds. The lowest BCUT2D eigenvalue weighted by atomic mass is 9.84. The summed E-state index contributed by atoms with van der Waals surface area (Å²) in [5.41, 5.74) is -2.33. The lowest BCUT2D eigenvalue weighted by molar-refractivity contribution is 0.348. The summed E-state index contributed by atoms with van der Waals surface area (Å²) in [6.07, 6.45) is 0. The van der Waals surface area contributed by atoms with Crippen LogP contribution in [0.1, 0.15) is 0 Å². The minimum Gasteiger partial charge on any atom is -0.504 e. The minimum absolute atomic E-state index is 0.0174. The average Bonchev–Trinajstić information content (AvgIpc) is 3.43. The number of fused-ring (bicyclic) bond motifs is 5. The Morgan fingerprint density at radius 3 is 1.15 bits per heavy atom. The first-order chi connectivity index (χ1) is 22.1. The fraction of sp³-hybridized carbons (Fsp3) is 0. The van der Waals surface area contributed by atoms with Crippen molar-refractivity contribution in [3.05, 3.63) is 36.4 Å². The van der Waals surface area contributed by atoms with Crippen LogP contribution in [0.3, 0.4) is 0 Å². The molecule has 0 fully saturated rings. The lowest BCUT2D eigenvalue weighted by Gasteiger charge is -2.20. The van der Waals surface area contributed by atoms with Crippen LogP contribution in [-0.4, -0.2) is 71.5 Å². The second kappa shape index (κ2) is 9.18. The van der Waals surface area contributed by atoms with E-state index in [1.165, 1.54) is 0 Å². The van der Waals surface area contributed by atoms with E-state index in [0.29, 0.717) is 0 Å². The monoisotopic (exact) mass is 644 g/mol. The molecule has 47 heavy (non-hydrogen) atoms. The Labute approximate surface area is 258 Å². The van der Waals surface area contributed by atoms with Crippen molar-refractivity contribution in [1.29, 1.82) is 0 Å². The molecule has 14 N–H and O–H groups in total. The summed E-state index contributed by atoms with van der Waals surface area (Å²) in [6.45, 7) is 0. The van der Waals surface area contributed by atoms with E-state index >= 15 is 0 Å². The van der Waals surface area contributed by atoms with Gasteiger partial charge in [0.1, 0.15) is 0 Å². The van der Waals surface area contributed by atoms with Crippen LogP contribution < -0.4 is 0 Å². The molecule has 0 saturated heterocycles. The number of aromatic hydroxyl groups is 14. The van der Waals surface area contributed by atoms with Gasteiger partial charge in [-0.15, -0.1) is 0 Å². The van der Waals surface area contributed by atoms with Gasteiger partial charge >= 0.3 is 0 Å². The molecule has 0 unspecified atom stereocenters. The standard InChI is InChI=1S/C32H20O15/c33-12-3-8-10(5-14(12)35)19(11-6-15(36)13(34)4-9(11)18(8)7-1-16(37)23(39)17(38)2-7)20-24(40)25(41)21-22-26(42)28(44)29(45)30(46)32(22)47-31(21)27(20)43/h1-6,33-46H. The number of hydrogen-bond donors (Lipinski definition) is 14. The maximum atomic E-state index is 11.6. The Bertz CT molecular complexity index is 2470. The zero-order valence-electron chi connectivity index (χ0n) is 23.1. The Balaban J connectivity index is 1.74. The molecule has 0 bridgehead atoms. The summed E-state index contributed by atoms with van der Waals surface area (Å²) in [7, 11) is 0. The van der Waals surface area contributed by atoms with E-state index in [9.17, 15) is 71.5 Å². The van der Waals surface area contributed by atoms with Gasteiger partial charge in [0.15, 0.2) is 74.4 Å². The second-order valence-electron chi connectivity index (χ2n) is 10.7. The molecule has 15 heteroatoms. The third kappa shape index (κ3) is 3.61. The fourth-order valence-corrected chi connectivity index (χ4v) is 5.97. The normalized spacial score (nSPS) is 11.7. The van der Waals surface area contributed by atoms with Gasteiger partial charge in [-0.25, -0.2) is 0 Å². The van der Waals surface area contributed by atoms with Gasteiger partial charge in [0.2, 0.25) is 17.2 Å². The Hall–Kier alpha value is -7.16. The van der Waals surface area contributed by atoms with Gasteiger partial charge in [-0.1, -0.05) is 0 Å². The van der Waals surface area contributed by atoms with Crippen LogP contribution >= 0.6 is 0 Å². The molecule has 0 saturated carbocycles. The zero-order valence-corrected chi connectivity index (χ0v) is 23.1. The van der Waals surface area contributed by atoms with Crippen LogP contribution in [0.15, 0.2) is 40.8 Å². The first kappa shape index (κ1) is 28.6. The van der Waals surface area contributed by atoms with Gasteiger partial charge in [0, 0.05) is 5.56 Å². The highest BCUT2D eigenvalue weighted by atomic mass is 16.4. The van der Waals surface area contributed by atoms with E-state index in [0.717, 1.165) is 36.4 Å². The molecule has 0 aliphatic heterocycles. The van der Waals surface area contributed by atoms with Crippen molar-refractivity contribution in [1.82, 2.24) is 0 Å². The van der Waals surface area contributed by atoms with Gasteiger partial charge in [0.05, 0.1) is 16.3 Å². The number of rotatable bonds is 2. The minimum atomic E-state index is -1.20. The third-order valence-electron chi connectivity index (χ3n) is 8.10. The highest BCUT2D eigenvalue weighted by Crippen LogP contribution is 2.60. The van der Waals surface area contributed by atoms with E-state index in [-0.39, 0.29) is 38.2 Å². The largest absolute Gasteiger partial charge is 0.504 e. The number of phenolic OH excluding ortho intramolecular Hbond substituents is 14. The summed E-state index contributed by atoms with van der Waals surface area (Å²) in [5.74, 6) is -12.9. The predicted octanol–water partition coefficient (Wildman–Crippen LogP) is 5.10. The molecule has 6 aromatic carbocycles. The van der Waals surface area contributed by atoms with Crippen LogP contribution in [0.5, 0.6) is 80.5 Å². The van der Waals surface area contributed by atoms with E-state index in [1.807, 2.05) is 0 Å². The molecule has 238 valence electrons. The maximum Gasteiger partial charge on any atom is 0.208 e. The molecule has 0 atom stereocenters. The number of furan rings is 1. The van der Waals surface area contributed by atoms with Gasteiger partial charge < -0.3 is 75.9 Å². The van der Waals surface area contributed by atoms with Crippen molar-refractivity contribution in [3.63, 3.8) is 0 Å². The van der Waals surface area contributed by atoms with Crippen LogP contribution in [0.2, 0.25) is 0 Å². The Morgan fingerprint density at radius 1 is 0.298 bits per heavy atom. The first-order valence-corrected chi connectivity index (χ1v) is 13.3. The zero-order chi connectivity index (χ0) is 34.0. The predicted molar refractivity (Wildman–Crippen MR) is 163 cm³/mol. The van der Waals surface area contributed by atoms with Crippen molar-refractivity contribution >= 4 is 43.5 Å². The maximum absolute atomic E-state index is 11.6. The number of benzene rings is 6. The van der Waals surface area contributed by atoms with E-state index in [4.69, 9.17) is 4.42 Å². The summed E-state index contributed by atoms with van der Waals surface area (Å²) < 4.78 is 5.51. The molecule has 7 aromatic rings. The molecule has 0 radical (unpaired) electrons. The molecule has 0 spiro atoms. The highest BCUT2D eigenvalue weighted by molar-refractivity contribution is 6.26.